The van der Waals surface area contributed by atoms with Crippen LogP contribution in [0.5, 0.6) is 0 Å². The van der Waals surface area contributed by atoms with Crippen LogP contribution in [0.4, 0.5) is 5.82 Å². The van der Waals surface area contributed by atoms with E-state index in [-0.39, 0.29) is 12.6 Å². The number of nitrogens with one attached hydrogen (secondary N) is 2. The lowest BCUT2D eigenvalue weighted by Gasteiger charge is -2.20. The fourth-order valence-electron chi connectivity index (χ4n) is 1.01. The van der Waals surface area contributed by atoms with Crippen molar-refractivity contribution in [2.75, 3.05) is 12.8 Å². The average Bonchev–Trinajstić information content (AvgIpc) is 2.60. The molecule has 92 valence electrons. The van der Waals surface area contributed by atoms with Crippen molar-refractivity contribution in [3.05, 3.63) is 11.8 Å². The number of aromatic amines is 1. The quantitative estimate of drug-likeness (QED) is 0.662. The van der Waals surface area contributed by atoms with Gasteiger partial charge in [0.15, 0.2) is 0 Å². The van der Waals surface area contributed by atoms with Gasteiger partial charge in [-0.3, -0.25) is 5.10 Å². The molecule has 1 aromatic rings. The summed E-state index contributed by atoms with van der Waals surface area (Å²) >= 11 is 0. The molecule has 0 radical (unpaired) electrons. The zero-order valence-corrected chi connectivity index (χ0v) is 10.4. The molecule has 0 atom stereocenters. The molecule has 0 saturated heterocycles. The van der Waals surface area contributed by atoms with Crippen LogP contribution < -0.4 is 10.5 Å². The van der Waals surface area contributed by atoms with Gasteiger partial charge >= 0.3 is 0 Å². The van der Waals surface area contributed by atoms with E-state index in [9.17, 15) is 8.42 Å². The first kappa shape index (κ1) is 12.9. The van der Waals surface area contributed by atoms with Gasteiger partial charge in [-0.2, -0.15) is 22.5 Å². The molecular formula is C8H17N5O2S. The highest BCUT2D eigenvalue weighted by molar-refractivity contribution is 7.87. The lowest BCUT2D eigenvalue weighted by Crippen LogP contribution is -2.41. The molecular weight excluding hydrogens is 230 g/mol. The Morgan fingerprint density at radius 3 is 2.69 bits per heavy atom. The van der Waals surface area contributed by atoms with Crippen molar-refractivity contribution in [3.63, 3.8) is 0 Å². The van der Waals surface area contributed by atoms with Crippen LogP contribution in [0.1, 0.15) is 19.4 Å². The molecule has 0 saturated carbocycles. The largest absolute Gasteiger partial charge is 0.384 e. The molecule has 0 aliphatic heterocycles. The van der Waals surface area contributed by atoms with Gasteiger partial charge in [-0.15, -0.1) is 0 Å². The van der Waals surface area contributed by atoms with Gasteiger partial charge < -0.3 is 5.73 Å². The van der Waals surface area contributed by atoms with Gasteiger partial charge in [0.25, 0.3) is 10.2 Å². The monoisotopic (exact) mass is 247 g/mol. The molecule has 1 heterocycles. The molecule has 0 unspecified atom stereocenters. The summed E-state index contributed by atoms with van der Waals surface area (Å²) in [4.78, 5) is 0. The van der Waals surface area contributed by atoms with Crippen molar-refractivity contribution in [3.8, 4) is 0 Å². The summed E-state index contributed by atoms with van der Waals surface area (Å²) < 4.78 is 27.1. The van der Waals surface area contributed by atoms with Crippen molar-refractivity contribution in [2.24, 2.45) is 0 Å². The first-order valence-electron chi connectivity index (χ1n) is 4.85. The van der Waals surface area contributed by atoms with Crippen LogP contribution in [0.25, 0.3) is 0 Å². The first-order chi connectivity index (χ1) is 7.34. The van der Waals surface area contributed by atoms with Crippen LogP contribution in [0, 0.1) is 0 Å². The maximum Gasteiger partial charge on any atom is 0.279 e. The number of rotatable bonds is 5. The van der Waals surface area contributed by atoms with Crippen LogP contribution in [0.15, 0.2) is 6.20 Å². The average molecular weight is 247 g/mol. The second kappa shape index (κ2) is 4.81. The Labute approximate surface area is 95.2 Å². The van der Waals surface area contributed by atoms with Crippen LogP contribution in [0.2, 0.25) is 0 Å². The van der Waals surface area contributed by atoms with E-state index < -0.39 is 10.2 Å². The number of hydrogen-bond donors (Lipinski definition) is 3. The highest BCUT2D eigenvalue weighted by Crippen LogP contribution is 2.07. The molecule has 4 N–H and O–H groups in total. The Kier molecular flexibility index (Phi) is 3.89. The van der Waals surface area contributed by atoms with E-state index in [0.29, 0.717) is 11.4 Å². The fourth-order valence-corrected chi connectivity index (χ4v) is 2.11. The minimum atomic E-state index is -3.47. The minimum Gasteiger partial charge on any atom is -0.384 e. The van der Waals surface area contributed by atoms with E-state index in [1.54, 1.807) is 13.8 Å². The first-order valence-corrected chi connectivity index (χ1v) is 6.29. The van der Waals surface area contributed by atoms with E-state index in [1.165, 1.54) is 17.5 Å². The maximum absolute atomic E-state index is 11.7. The lowest BCUT2D eigenvalue weighted by atomic mass is 10.3. The number of H-pyrrole nitrogens is 1. The summed E-state index contributed by atoms with van der Waals surface area (Å²) in [5.41, 5.74) is 6.17. The molecule has 0 bridgehead atoms. The Balaban J connectivity index is 2.65. The van der Waals surface area contributed by atoms with Crippen molar-refractivity contribution in [1.29, 1.82) is 0 Å². The van der Waals surface area contributed by atoms with Crippen LogP contribution >= 0.6 is 0 Å². The number of nitrogens with two attached hydrogens (primary N) is 1. The number of nitrogen functional groups attached to an aromatic ring is 1. The third-order valence-corrected chi connectivity index (χ3v) is 3.99. The normalized spacial score (nSPS) is 12.6. The Hall–Kier alpha value is -1.12. The van der Waals surface area contributed by atoms with Gasteiger partial charge in [0, 0.05) is 25.2 Å². The molecule has 7 nitrogen and oxygen atoms in total. The minimum absolute atomic E-state index is 0.0980. The second-order valence-corrected chi connectivity index (χ2v) is 5.56. The summed E-state index contributed by atoms with van der Waals surface area (Å²) in [5, 5.41) is 6.24. The molecule has 1 rings (SSSR count). The van der Waals surface area contributed by atoms with Crippen LogP contribution in [-0.2, 0) is 16.8 Å². The van der Waals surface area contributed by atoms with Crippen molar-refractivity contribution in [2.45, 2.75) is 26.4 Å². The second-order valence-electron chi connectivity index (χ2n) is 3.75. The van der Waals surface area contributed by atoms with Gasteiger partial charge in [0.2, 0.25) is 0 Å². The molecule has 0 aromatic carbocycles. The Morgan fingerprint density at radius 2 is 2.25 bits per heavy atom. The zero-order chi connectivity index (χ0) is 12.3. The highest BCUT2D eigenvalue weighted by Gasteiger charge is 2.20. The van der Waals surface area contributed by atoms with Gasteiger partial charge in [-0.05, 0) is 13.8 Å². The molecule has 8 heteroatoms. The number of aromatic nitrogens is 2. The van der Waals surface area contributed by atoms with E-state index in [2.05, 4.69) is 14.9 Å². The summed E-state index contributed by atoms with van der Waals surface area (Å²) in [7, 11) is -1.95. The van der Waals surface area contributed by atoms with Gasteiger partial charge in [-0.25, -0.2) is 0 Å². The summed E-state index contributed by atoms with van der Waals surface area (Å²) in [6.07, 6.45) is 1.49. The molecule has 0 fully saturated rings. The zero-order valence-electron chi connectivity index (χ0n) is 9.56. The van der Waals surface area contributed by atoms with E-state index in [0.717, 1.165) is 0 Å². The lowest BCUT2D eigenvalue weighted by molar-refractivity contribution is 0.402. The molecule has 0 spiro atoms. The SMILES string of the molecule is CC(C)N(C)S(=O)(=O)NCc1cn[nH]c1N. The standard InChI is InChI=1S/C8H17N5O2S/c1-6(2)13(3)16(14,15)11-5-7-4-10-12-8(7)9/h4,6,11H,5H2,1-3H3,(H3,9,10,12). The number of hydrogen-bond acceptors (Lipinski definition) is 4. The predicted octanol–water partition coefficient (Wildman–Crippen LogP) is -0.333. The number of anilines is 1. The van der Waals surface area contributed by atoms with Gasteiger partial charge in [0.1, 0.15) is 5.82 Å². The molecule has 1 aromatic heterocycles. The molecule has 0 aliphatic rings. The molecule has 0 aliphatic carbocycles. The van der Waals surface area contributed by atoms with Crippen molar-refractivity contribution < 1.29 is 8.42 Å². The highest BCUT2D eigenvalue weighted by atomic mass is 32.2. The predicted molar refractivity (Wildman–Crippen MR) is 61.7 cm³/mol. The van der Waals surface area contributed by atoms with Gasteiger partial charge in [0.05, 0.1) is 6.20 Å². The van der Waals surface area contributed by atoms with E-state index in [1.807, 2.05) is 0 Å². The summed E-state index contributed by atoms with van der Waals surface area (Å²) in [5.74, 6) is 0.370. The smallest absolute Gasteiger partial charge is 0.279 e. The van der Waals surface area contributed by atoms with Crippen molar-refractivity contribution >= 4 is 16.0 Å². The van der Waals surface area contributed by atoms with E-state index in [4.69, 9.17) is 5.73 Å². The van der Waals surface area contributed by atoms with E-state index >= 15 is 0 Å². The third-order valence-electron chi connectivity index (χ3n) is 2.30. The third kappa shape index (κ3) is 2.94. The topological polar surface area (TPSA) is 104 Å². The Morgan fingerprint density at radius 1 is 1.62 bits per heavy atom. The van der Waals surface area contributed by atoms with Crippen LogP contribution in [0.3, 0.4) is 0 Å². The van der Waals surface area contributed by atoms with Crippen molar-refractivity contribution in [1.82, 2.24) is 19.2 Å². The molecule has 0 amide bonds. The molecule has 16 heavy (non-hydrogen) atoms. The summed E-state index contributed by atoms with van der Waals surface area (Å²) in [6, 6.07) is -0.0980. The maximum atomic E-state index is 11.7. The summed E-state index contributed by atoms with van der Waals surface area (Å²) in [6.45, 7) is 3.72. The fraction of sp³-hybridized carbons (Fsp3) is 0.625. The number of nitrogens with zero attached hydrogens (tertiary/aromatic N) is 2. The Bertz CT molecular complexity index is 439. The van der Waals surface area contributed by atoms with Gasteiger partial charge in [-0.1, -0.05) is 0 Å². The van der Waals surface area contributed by atoms with Crippen LogP contribution in [-0.4, -0.2) is 36.0 Å².